The molecule has 2 aromatic carbocycles. The molecule has 0 aromatic heterocycles. The zero-order valence-corrected chi connectivity index (χ0v) is 15.5. The van der Waals surface area contributed by atoms with Crippen LogP contribution in [0.4, 0.5) is 0 Å². The van der Waals surface area contributed by atoms with Gasteiger partial charge in [-0.3, -0.25) is 4.79 Å². The lowest BCUT2D eigenvalue weighted by molar-refractivity contribution is -0.124. The number of esters is 1. The van der Waals surface area contributed by atoms with E-state index in [0.29, 0.717) is 18.5 Å². The largest absolute Gasteiger partial charge is 0.465 e. The molecule has 0 radical (unpaired) electrons. The number of carbonyl (C=O) groups is 2. The first-order valence-corrected chi connectivity index (χ1v) is 9.47. The summed E-state index contributed by atoms with van der Waals surface area (Å²) in [6, 6.07) is 13.8. The molecule has 0 saturated heterocycles. The predicted molar refractivity (Wildman–Crippen MR) is 102 cm³/mol. The standard InChI is InChI=1S/C22H24N2O3/c1-27-22(26)16-10-9-15-12-20(23-13-17(15)11-16)21(25)24-19-8-4-6-14-5-2-3-7-18(14)19/h2-3,5,7,9-11,19-20,23H,4,6,8,12-13H2,1H3,(H,24,25). The number of fused-ring (bicyclic) bond motifs is 2. The summed E-state index contributed by atoms with van der Waals surface area (Å²) < 4.78 is 4.78. The number of carbonyl (C=O) groups excluding carboxylic acids is 2. The van der Waals surface area contributed by atoms with Gasteiger partial charge in [0.25, 0.3) is 0 Å². The van der Waals surface area contributed by atoms with Crippen molar-refractivity contribution >= 4 is 11.9 Å². The molecule has 5 nitrogen and oxygen atoms in total. The Morgan fingerprint density at radius 2 is 1.96 bits per heavy atom. The SMILES string of the molecule is COC(=O)c1ccc2c(c1)CNC(C(=O)NC1CCCc3ccccc31)C2. The number of methoxy groups -OCH3 is 1. The van der Waals surface area contributed by atoms with Gasteiger partial charge in [-0.05, 0) is 60.1 Å². The molecule has 140 valence electrons. The highest BCUT2D eigenvalue weighted by molar-refractivity contribution is 5.89. The molecule has 1 amide bonds. The van der Waals surface area contributed by atoms with Crippen molar-refractivity contribution in [2.45, 2.75) is 44.3 Å². The lowest BCUT2D eigenvalue weighted by Gasteiger charge is -2.30. The normalized spacial score (nSPS) is 20.9. The highest BCUT2D eigenvalue weighted by Crippen LogP contribution is 2.29. The number of benzene rings is 2. The third kappa shape index (κ3) is 3.60. The lowest BCUT2D eigenvalue weighted by Crippen LogP contribution is -2.48. The van der Waals surface area contributed by atoms with Crippen LogP contribution in [-0.4, -0.2) is 25.0 Å². The number of aryl methyl sites for hydroxylation is 1. The zero-order chi connectivity index (χ0) is 18.8. The molecule has 27 heavy (non-hydrogen) atoms. The van der Waals surface area contributed by atoms with Crippen molar-refractivity contribution in [1.29, 1.82) is 0 Å². The fraction of sp³-hybridized carbons (Fsp3) is 0.364. The molecular formula is C22H24N2O3. The van der Waals surface area contributed by atoms with Gasteiger partial charge in [-0.2, -0.15) is 0 Å². The smallest absolute Gasteiger partial charge is 0.337 e. The van der Waals surface area contributed by atoms with E-state index in [1.54, 1.807) is 6.07 Å². The third-order valence-electron chi connectivity index (χ3n) is 5.59. The fourth-order valence-corrected chi connectivity index (χ4v) is 4.12. The van der Waals surface area contributed by atoms with Gasteiger partial charge in [-0.15, -0.1) is 0 Å². The van der Waals surface area contributed by atoms with E-state index in [1.165, 1.54) is 18.2 Å². The van der Waals surface area contributed by atoms with E-state index < -0.39 is 0 Å². The van der Waals surface area contributed by atoms with Gasteiger partial charge >= 0.3 is 5.97 Å². The first-order valence-electron chi connectivity index (χ1n) is 9.47. The Hall–Kier alpha value is -2.66. The van der Waals surface area contributed by atoms with Crippen LogP contribution >= 0.6 is 0 Å². The third-order valence-corrected chi connectivity index (χ3v) is 5.59. The van der Waals surface area contributed by atoms with Crippen molar-refractivity contribution in [3.63, 3.8) is 0 Å². The second kappa shape index (κ2) is 7.53. The van der Waals surface area contributed by atoms with Crippen molar-refractivity contribution in [2.24, 2.45) is 0 Å². The van der Waals surface area contributed by atoms with Crippen molar-refractivity contribution in [3.8, 4) is 0 Å². The number of nitrogens with one attached hydrogen (secondary N) is 2. The van der Waals surface area contributed by atoms with Crippen LogP contribution in [0.15, 0.2) is 42.5 Å². The molecule has 5 heteroatoms. The van der Waals surface area contributed by atoms with E-state index in [2.05, 4.69) is 28.8 Å². The van der Waals surface area contributed by atoms with Crippen molar-refractivity contribution in [2.75, 3.05) is 7.11 Å². The maximum atomic E-state index is 12.9. The zero-order valence-electron chi connectivity index (χ0n) is 15.5. The summed E-state index contributed by atoms with van der Waals surface area (Å²) in [5.74, 6) is -0.298. The minimum absolute atomic E-state index is 0.0411. The summed E-state index contributed by atoms with van der Waals surface area (Å²) in [4.78, 5) is 24.5. The van der Waals surface area contributed by atoms with E-state index in [9.17, 15) is 9.59 Å². The molecule has 2 N–H and O–H groups in total. The summed E-state index contributed by atoms with van der Waals surface area (Å²) in [7, 11) is 1.38. The van der Waals surface area contributed by atoms with Gasteiger partial charge in [-0.1, -0.05) is 30.3 Å². The highest BCUT2D eigenvalue weighted by Gasteiger charge is 2.28. The molecule has 0 saturated carbocycles. The molecule has 2 aliphatic rings. The second-order valence-corrected chi connectivity index (χ2v) is 7.26. The van der Waals surface area contributed by atoms with Gasteiger partial charge in [0.05, 0.1) is 24.8 Å². The van der Waals surface area contributed by atoms with Gasteiger partial charge in [0.1, 0.15) is 0 Å². The Kier molecular flexibility index (Phi) is 4.94. The van der Waals surface area contributed by atoms with E-state index in [4.69, 9.17) is 4.74 Å². The Balaban J connectivity index is 1.45. The summed E-state index contributed by atoms with van der Waals surface area (Å²) in [6.07, 6.45) is 3.78. The molecule has 0 fully saturated rings. The Morgan fingerprint density at radius 3 is 2.81 bits per heavy atom. The van der Waals surface area contributed by atoms with Crippen LogP contribution < -0.4 is 10.6 Å². The highest BCUT2D eigenvalue weighted by atomic mass is 16.5. The van der Waals surface area contributed by atoms with Crippen LogP contribution in [0.25, 0.3) is 0 Å². The van der Waals surface area contributed by atoms with E-state index in [-0.39, 0.29) is 24.0 Å². The van der Waals surface area contributed by atoms with Crippen molar-refractivity contribution in [1.82, 2.24) is 10.6 Å². The van der Waals surface area contributed by atoms with Crippen molar-refractivity contribution in [3.05, 3.63) is 70.3 Å². The number of hydrogen-bond donors (Lipinski definition) is 2. The lowest BCUT2D eigenvalue weighted by atomic mass is 9.87. The van der Waals surface area contributed by atoms with E-state index >= 15 is 0 Å². The van der Waals surface area contributed by atoms with Gasteiger partial charge in [0, 0.05) is 6.54 Å². The molecule has 1 aliphatic heterocycles. The van der Waals surface area contributed by atoms with Gasteiger partial charge in [-0.25, -0.2) is 4.79 Å². The Bertz CT molecular complexity index is 878. The van der Waals surface area contributed by atoms with E-state index in [1.807, 2.05) is 18.2 Å². The van der Waals surface area contributed by atoms with Crippen LogP contribution in [0.5, 0.6) is 0 Å². The average Bonchev–Trinajstić information content (AvgIpc) is 2.72. The average molecular weight is 364 g/mol. The quantitative estimate of drug-likeness (QED) is 0.822. The first kappa shape index (κ1) is 17.7. The minimum Gasteiger partial charge on any atom is -0.465 e. The molecule has 0 spiro atoms. The summed E-state index contributed by atoms with van der Waals surface area (Å²) in [5, 5.41) is 6.55. The molecule has 2 unspecified atom stereocenters. The molecule has 2 atom stereocenters. The van der Waals surface area contributed by atoms with Gasteiger partial charge in [0.2, 0.25) is 5.91 Å². The number of rotatable bonds is 3. The molecule has 0 bridgehead atoms. The maximum absolute atomic E-state index is 12.9. The minimum atomic E-state index is -0.339. The topological polar surface area (TPSA) is 67.4 Å². The second-order valence-electron chi connectivity index (χ2n) is 7.26. The monoisotopic (exact) mass is 364 g/mol. The number of amides is 1. The van der Waals surface area contributed by atoms with E-state index in [0.717, 1.165) is 30.4 Å². The maximum Gasteiger partial charge on any atom is 0.337 e. The van der Waals surface area contributed by atoms with Crippen molar-refractivity contribution < 1.29 is 14.3 Å². The molecular weight excluding hydrogens is 340 g/mol. The molecule has 1 aliphatic carbocycles. The van der Waals surface area contributed by atoms with Gasteiger partial charge in [0.15, 0.2) is 0 Å². The van der Waals surface area contributed by atoms with Gasteiger partial charge < -0.3 is 15.4 Å². The summed E-state index contributed by atoms with van der Waals surface area (Å²) in [6.45, 7) is 0.569. The van der Waals surface area contributed by atoms with Crippen LogP contribution in [0, 0.1) is 0 Å². The Morgan fingerprint density at radius 1 is 1.11 bits per heavy atom. The Labute approximate surface area is 159 Å². The number of ether oxygens (including phenoxy) is 1. The summed E-state index contributed by atoms with van der Waals surface area (Å²) >= 11 is 0. The molecule has 1 heterocycles. The summed E-state index contributed by atoms with van der Waals surface area (Å²) in [5.41, 5.74) is 5.28. The fourth-order valence-electron chi connectivity index (χ4n) is 4.12. The number of hydrogen-bond acceptors (Lipinski definition) is 4. The van der Waals surface area contributed by atoms with Crippen LogP contribution in [-0.2, 0) is 28.9 Å². The van der Waals surface area contributed by atoms with Crippen LogP contribution in [0.1, 0.15) is 51.5 Å². The predicted octanol–water partition coefficient (Wildman–Crippen LogP) is 2.68. The van der Waals surface area contributed by atoms with Crippen LogP contribution in [0.3, 0.4) is 0 Å². The molecule has 4 rings (SSSR count). The molecule has 2 aromatic rings. The first-order chi connectivity index (χ1) is 13.2. The van der Waals surface area contributed by atoms with Crippen LogP contribution in [0.2, 0.25) is 0 Å².